The van der Waals surface area contributed by atoms with Crippen molar-refractivity contribution in [1.82, 2.24) is 5.32 Å². The average molecular weight is 296 g/mol. The zero-order chi connectivity index (χ0) is 13.1. The molecule has 0 bridgehead atoms. The SMILES string of the molecule is C[C@H]1CC(NCCCC2CCCC2)c2ccsc2S1. The van der Waals surface area contributed by atoms with Gasteiger partial charge in [-0.1, -0.05) is 32.6 Å². The van der Waals surface area contributed by atoms with E-state index in [1.54, 1.807) is 9.77 Å². The number of rotatable bonds is 5. The largest absolute Gasteiger partial charge is 0.310 e. The molecule has 2 aliphatic rings. The number of thioether (sulfide) groups is 1. The molecule has 0 aromatic carbocycles. The van der Waals surface area contributed by atoms with E-state index in [-0.39, 0.29) is 0 Å². The van der Waals surface area contributed by atoms with Crippen molar-refractivity contribution >= 4 is 23.1 Å². The Hall–Kier alpha value is 0.01000. The molecule has 1 aliphatic carbocycles. The number of nitrogens with one attached hydrogen (secondary N) is 1. The van der Waals surface area contributed by atoms with Crippen LogP contribution < -0.4 is 5.32 Å². The lowest BCUT2D eigenvalue weighted by Crippen LogP contribution is -2.27. The molecule has 1 N–H and O–H groups in total. The van der Waals surface area contributed by atoms with Crippen LogP contribution in [0.3, 0.4) is 0 Å². The van der Waals surface area contributed by atoms with Crippen molar-refractivity contribution in [1.29, 1.82) is 0 Å². The van der Waals surface area contributed by atoms with E-state index in [0.717, 1.165) is 11.2 Å². The zero-order valence-electron chi connectivity index (χ0n) is 11.9. The van der Waals surface area contributed by atoms with Crippen LogP contribution in [0.2, 0.25) is 0 Å². The highest BCUT2D eigenvalue weighted by Gasteiger charge is 2.25. The second-order valence-electron chi connectivity index (χ2n) is 6.13. The first-order chi connectivity index (χ1) is 9.33. The normalized spacial score (nSPS) is 27.6. The van der Waals surface area contributed by atoms with E-state index < -0.39 is 0 Å². The average Bonchev–Trinajstić information content (AvgIpc) is 3.04. The Labute approximate surface area is 125 Å². The molecule has 1 aromatic rings. The van der Waals surface area contributed by atoms with E-state index >= 15 is 0 Å². The van der Waals surface area contributed by atoms with Crippen LogP contribution in [0.25, 0.3) is 0 Å². The van der Waals surface area contributed by atoms with E-state index in [4.69, 9.17) is 0 Å². The van der Waals surface area contributed by atoms with Crippen molar-refractivity contribution in [3.05, 3.63) is 17.0 Å². The Bertz CT molecular complexity index is 395. The number of hydrogen-bond donors (Lipinski definition) is 1. The topological polar surface area (TPSA) is 12.0 Å². The van der Waals surface area contributed by atoms with Crippen LogP contribution in [0.4, 0.5) is 0 Å². The minimum Gasteiger partial charge on any atom is -0.310 e. The third kappa shape index (κ3) is 3.56. The van der Waals surface area contributed by atoms with Crippen molar-refractivity contribution in [2.75, 3.05) is 6.54 Å². The molecule has 2 heterocycles. The summed E-state index contributed by atoms with van der Waals surface area (Å²) < 4.78 is 1.55. The molecule has 1 nitrogen and oxygen atoms in total. The van der Waals surface area contributed by atoms with Crippen molar-refractivity contribution in [3.8, 4) is 0 Å². The summed E-state index contributed by atoms with van der Waals surface area (Å²) in [5.74, 6) is 1.04. The molecule has 1 aliphatic heterocycles. The van der Waals surface area contributed by atoms with Gasteiger partial charge in [0.25, 0.3) is 0 Å². The fraction of sp³-hybridized carbons (Fsp3) is 0.750. The third-order valence-electron chi connectivity index (χ3n) is 4.56. The van der Waals surface area contributed by atoms with E-state index in [1.807, 2.05) is 11.3 Å². The number of hydrogen-bond acceptors (Lipinski definition) is 3. The lowest BCUT2D eigenvalue weighted by Gasteiger charge is -2.27. The van der Waals surface area contributed by atoms with E-state index in [0.29, 0.717) is 6.04 Å². The Balaban J connectivity index is 1.45. The molecule has 0 radical (unpaired) electrons. The highest BCUT2D eigenvalue weighted by atomic mass is 32.2. The van der Waals surface area contributed by atoms with Crippen LogP contribution in [0.5, 0.6) is 0 Å². The summed E-state index contributed by atoms with van der Waals surface area (Å²) in [5, 5.41) is 6.83. The van der Waals surface area contributed by atoms with Crippen LogP contribution in [0, 0.1) is 5.92 Å². The third-order valence-corrected chi connectivity index (χ3v) is 6.91. The van der Waals surface area contributed by atoms with Crippen molar-refractivity contribution in [2.45, 2.75) is 67.4 Å². The molecule has 2 atom stereocenters. The molecule has 19 heavy (non-hydrogen) atoms. The van der Waals surface area contributed by atoms with Gasteiger partial charge in [-0.15, -0.1) is 23.1 Å². The first-order valence-corrected chi connectivity index (χ1v) is 9.56. The van der Waals surface area contributed by atoms with Crippen LogP contribution in [-0.2, 0) is 0 Å². The molecule has 0 saturated heterocycles. The van der Waals surface area contributed by atoms with Gasteiger partial charge < -0.3 is 5.32 Å². The maximum absolute atomic E-state index is 3.81. The molecule has 0 spiro atoms. The van der Waals surface area contributed by atoms with Gasteiger partial charge in [-0.2, -0.15) is 0 Å². The van der Waals surface area contributed by atoms with Crippen LogP contribution in [-0.4, -0.2) is 11.8 Å². The minimum absolute atomic E-state index is 0.612. The van der Waals surface area contributed by atoms with Gasteiger partial charge >= 0.3 is 0 Å². The fourth-order valence-electron chi connectivity index (χ4n) is 3.51. The van der Waals surface area contributed by atoms with E-state index in [2.05, 4.69) is 35.4 Å². The minimum atomic E-state index is 0.612. The quantitative estimate of drug-likeness (QED) is 0.746. The van der Waals surface area contributed by atoms with Crippen LogP contribution in [0.1, 0.15) is 63.5 Å². The molecule has 3 rings (SSSR count). The van der Waals surface area contributed by atoms with Gasteiger partial charge in [0, 0.05) is 11.3 Å². The van der Waals surface area contributed by atoms with Crippen LogP contribution >= 0.6 is 23.1 Å². The van der Waals surface area contributed by atoms with Gasteiger partial charge in [-0.25, -0.2) is 0 Å². The summed E-state index contributed by atoms with van der Waals surface area (Å²) >= 11 is 3.98. The Morgan fingerprint density at radius 3 is 3.00 bits per heavy atom. The van der Waals surface area contributed by atoms with Crippen LogP contribution in [0.15, 0.2) is 15.7 Å². The standard InChI is InChI=1S/C16H25NS2/c1-12-11-15(14-8-10-18-16(14)19-12)17-9-4-7-13-5-2-3-6-13/h8,10,12-13,15,17H,2-7,9,11H2,1H3/t12-,15?/m0/s1. The Kier molecular flexibility index (Phi) is 4.88. The summed E-state index contributed by atoms with van der Waals surface area (Å²) in [7, 11) is 0. The smallest absolute Gasteiger partial charge is 0.0649 e. The van der Waals surface area contributed by atoms with Crippen molar-refractivity contribution in [3.63, 3.8) is 0 Å². The zero-order valence-corrected chi connectivity index (χ0v) is 13.5. The summed E-state index contributed by atoms with van der Waals surface area (Å²) in [6.45, 7) is 3.56. The lowest BCUT2D eigenvalue weighted by atomic mass is 10.0. The molecular formula is C16H25NS2. The highest BCUT2D eigenvalue weighted by Crippen LogP contribution is 2.43. The second-order valence-corrected chi connectivity index (χ2v) is 8.75. The maximum atomic E-state index is 3.81. The van der Waals surface area contributed by atoms with E-state index in [9.17, 15) is 0 Å². The van der Waals surface area contributed by atoms with Gasteiger partial charge in [0.05, 0.1) is 4.21 Å². The molecule has 3 heteroatoms. The molecule has 1 saturated carbocycles. The summed E-state index contributed by atoms with van der Waals surface area (Å²) in [5.41, 5.74) is 1.56. The monoisotopic (exact) mass is 295 g/mol. The predicted octanol–water partition coefficient (Wildman–Crippen LogP) is 5.23. The maximum Gasteiger partial charge on any atom is 0.0649 e. The molecular weight excluding hydrogens is 270 g/mol. The van der Waals surface area contributed by atoms with Gasteiger partial charge in [0.1, 0.15) is 0 Å². The Morgan fingerprint density at radius 2 is 2.16 bits per heavy atom. The first-order valence-electron chi connectivity index (χ1n) is 7.80. The summed E-state index contributed by atoms with van der Waals surface area (Å²) in [6, 6.07) is 2.94. The molecule has 1 aromatic heterocycles. The van der Waals surface area contributed by atoms with Crippen molar-refractivity contribution < 1.29 is 0 Å². The van der Waals surface area contributed by atoms with Gasteiger partial charge in [0.15, 0.2) is 0 Å². The molecule has 106 valence electrons. The van der Waals surface area contributed by atoms with E-state index in [1.165, 1.54) is 51.5 Å². The highest BCUT2D eigenvalue weighted by molar-refractivity contribution is 8.01. The van der Waals surface area contributed by atoms with Gasteiger partial charge in [0.2, 0.25) is 0 Å². The van der Waals surface area contributed by atoms with Gasteiger partial charge in [-0.05, 0) is 48.7 Å². The lowest BCUT2D eigenvalue weighted by molar-refractivity contribution is 0.434. The molecule has 1 unspecified atom stereocenters. The van der Waals surface area contributed by atoms with Gasteiger partial charge in [-0.3, -0.25) is 0 Å². The molecule has 1 fully saturated rings. The Morgan fingerprint density at radius 1 is 1.32 bits per heavy atom. The first kappa shape index (κ1) is 14.0. The summed E-state index contributed by atoms with van der Waals surface area (Å²) in [6.07, 6.45) is 10.0. The number of fused-ring (bicyclic) bond motifs is 1. The summed E-state index contributed by atoms with van der Waals surface area (Å²) in [4.78, 5) is 0. The molecule has 0 amide bonds. The predicted molar refractivity (Wildman–Crippen MR) is 86.2 cm³/mol. The van der Waals surface area contributed by atoms with Crippen molar-refractivity contribution in [2.24, 2.45) is 5.92 Å². The fourth-order valence-corrected chi connectivity index (χ4v) is 6.08. The number of thiophene rings is 1. The second kappa shape index (κ2) is 6.64.